The molecule has 0 spiro atoms. The van der Waals surface area contributed by atoms with E-state index in [1.807, 2.05) is 0 Å². The standard InChI is InChI=1S/C15H30F3N3/c1-5-19-13(14(2,3)4)6-7-20-8-10-21(11-9-20)12-15(16,17)18/h13,19H,5-12H2,1-4H3. The average Bonchev–Trinajstić information content (AvgIpc) is 2.33. The summed E-state index contributed by atoms with van der Waals surface area (Å²) in [5.74, 6) is 0. The zero-order valence-electron chi connectivity index (χ0n) is 13.8. The summed E-state index contributed by atoms with van der Waals surface area (Å²) < 4.78 is 37.0. The first-order chi connectivity index (χ1) is 9.62. The fraction of sp³-hybridized carbons (Fsp3) is 1.00. The van der Waals surface area contributed by atoms with Gasteiger partial charge in [0.1, 0.15) is 0 Å². The molecule has 0 aromatic rings. The smallest absolute Gasteiger partial charge is 0.314 e. The van der Waals surface area contributed by atoms with Gasteiger partial charge in [-0.25, -0.2) is 0 Å². The van der Waals surface area contributed by atoms with E-state index < -0.39 is 12.7 Å². The van der Waals surface area contributed by atoms with E-state index in [4.69, 9.17) is 0 Å². The van der Waals surface area contributed by atoms with Crippen LogP contribution in [0.4, 0.5) is 13.2 Å². The summed E-state index contributed by atoms with van der Waals surface area (Å²) in [4.78, 5) is 3.78. The van der Waals surface area contributed by atoms with Crippen molar-refractivity contribution in [3.63, 3.8) is 0 Å². The van der Waals surface area contributed by atoms with E-state index >= 15 is 0 Å². The third kappa shape index (κ3) is 7.47. The summed E-state index contributed by atoms with van der Waals surface area (Å²) in [5, 5.41) is 3.52. The van der Waals surface area contributed by atoms with E-state index in [2.05, 4.69) is 37.9 Å². The summed E-state index contributed by atoms with van der Waals surface area (Å²) in [5.41, 5.74) is 0.202. The number of alkyl halides is 3. The highest BCUT2D eigenvalue weighted by molar-refractivity contribution is 4.82. The Labute approximate surface area is 126 Å². The van der Waals surface area contributed by atoms with Crippen LogP contribution in [0.25, 0.3) is 0 Å². The summed E-state index contributed by atoms with van der Waals surface area (Å²) in [6.07, 6.45) is -3.04. The largest absolute Gasteiger partial charge is 0.401 e. The van der Waals surface area contributed by atoms with Crippen molar-refractivity contribution in [3.8, 4) is 0 Å². The van der Waals surface area contributed by atoms with E-state index in [1.165, 1.54) is 4.90 Å². The maximum atomic E-state index is 12.3. The van der Waals surface area contributed by atoms with Crippen molar-refractivity contribution in [1.82, 2.24) is 15.1 Å². The van der Waals surface area contributed by atoms with E-state index in [-0.39, 0.29) is 5.41 Å². The maximum absolute atomic E-state index is 12.3. The van der Waals surface area contributed by atoms with Crippen LogP contribution in [0.1, 0.15) is 34.1 Å². The molecule has 1 aliphatic rings. The van der Waals surface area contributed by atoms with Crippen LogP contribution >= 0.6 is 0 Å². The van der Waals surface area contributed by atoms with E-state index in [1.54, 1.807) is 0 Å². The molecule has 0 aliphatic carbocycles. The van der Waals surface area contributed by atoms with Gasteiger partial charge in [-0.15, -0.1) is 0 Å². The summed E-state index contributed by atoms with van der Waals surface area (Å²) in [7, 11) is 0. The molecule has 1 N–H and O–H groups in total. The van der Waals surface area contributed by atoms with Crippen molar-refractivity contribution < 1.29 is 13.2 Å². The van der Waals surface area contributed by atoms with Crippen LogP contribution in [-0.4, -0.2) is 67.8 Å². The number of nitrogens with zero attached hydrogens (tertiary/aromatic N) is 2. The lowest BCUT2D eigenvalue weighted by atomic mass is 9.84. The highest BCUT2D eigenvalue weighted by Gasteiger charge is 2.32. The van der Waals surface area contributed by atoms with Gasteiger partial charge in [0.2, 0.25) is 0 Å². The number of nitrogens with one attached hydrogen (secondary N) is 1. The van der Waals surface area contributed by atoms with Crippen molar-refractivity contribution in [2.75, 3.05) is 45.8 Å². The van der Waals surface area contributed by atoms with Gasteiger partial charge in [-0.05, 0) is 24.9 Å². The second-order valence-electron chi connectivity index (χ2n) is 7.00. The van der Waals surface area contributed by atoms with Gasteiger partial charge < -0.3 is 10.2 Å². The second kappa shape index (κ2) is 7.79. The van der Waals surface area contributed by atoms with Crippen LogP contribution in [0.5, 0.6) is 0 Å². The lowest BCUT2D eigenvalue weighted by Gasteiger charge is -2.37. The SMILES string of the molecule is CCNC(CCN1CCN(CC(F)(F)F)CC1)C(C)(C)C. The Bertz CT molecular complexity index is 292. The van der Waals surface area contributed by atoms with E-state index in [0.29, 0.717) is 19.1 Å². The monoisotopic (exact) mass is 309 g/mol. The quantitative estimate of drug-likeness (QED) is 0.813. The Kier molecular flexibility index (Phi) is 6.94. The molecule has 1 rings (SSSR count). The number of halogens is 3. The maximum Gasteiger partial charge on any atom is 0.401 e. The van der Waals surface area contributed by atoms with Crippen molar-refractivity contribution in [1.29, 1.82) is 0 Å². The molecule has 0 aromatic heterocycles. The molecule has 1 saturated heterocycles. The lowest BCUT2D eigenvalue weighted by molar-refractivity contribution is -0.149. The van der Waals surface area contributed by atoms with Gasteiger partial charge in [0.05, 0.1) is 6.54 Å². The van der Waals surface area contributed by atoms with Gasteiger partial charge in [-0.2, -0.15) is 13.2 Å². The molecule has 0 aromatic carbocycles. The normalized spacial score (nSPS) is 20.7. The molecule has 126 valence electrons. The minimum atomic E-state index is -4.08. The predicted molar refractivity (Wildman–Crippen MR) is 80.5 cm³/mol. The summed E-state index contributed by atoms with van der Waals surface area (Å²) in [6.45, 7) is 12.4. The van der Waals surface area contributed by atoms with Gasteiger partial charge in [0, 0.05) is 32.2 Å². The Balaban J connectivity index is 2.32. The summed E-state index contributed by atoms with van der Waals surface area (Å²) in [6, 6.07) is 0.440. The molecule has 1 atom stereocenters. The Morgan fingerprint density at radius 3 is 1.95 bits per heavy atom. The number of piperazine rings is 1. The highest BCUT2D eigenvalue weighted by atomic mass is 19.4. The van der Waals surface area contributed by atoms with Gasteiger partial charge >= 0.3 is 6.18 Å². The summed E-state index contributed by atoms with van der Waals surface area (Å²) >= 11 is 0. The van der Waals surface area contributed by atoms with E-state index in [0.717, 1.165) is 32.6 Å². The van der Waals surface area contributed by atoms with Gasteiger partial charge in [-0.1, -0.05) is 27.7 Å². The van der Waals surface area contributed by atoms with Gasteiger partial charge in [-0.3, -0.25) is 4.90 Å². The molecular weight excluding hydrogens is 279 g/mol. The Hall–Kier alpha value is -0.330. The Morgan fingerprint density at radius 1 is 1.00 bits per heavy atom. The fourth-order valence-corrected chi connectivity index (χ4v) is 2.82. The van der Waals surface area contributed by atoms with E-state index in [9.17, 15) is 13.2 Å². The first kappa shape index (κ1) is 18.7. The minimum absolute atomic E-state index is 0.202. The number of rotatable bonds is 6. The molecule has 1 aliphatic heterocycles. The van der Waals surface area contributed by atoms with Crippen LogP contribution in [-0.2, 0) is 0 Å². The van der Waals surface area contributed by atoms with Gasteiger partial charge in [0.25, 0.3) is 0 Å². The third-order valence-corrected chi connectivity index (χ3v) is 4.10. The van der Waals surface area contributed by atoms with Crippen LogP contribution in [0, 0.1) is 5.41 Å². The lowest BCUT2D eigenvalue weighted by Crippen LogP contribution is -2.50. The molecule has 6 heteroatoms. The molecule has 0 saturated carbocycles. The molecule has 1 fully saturated rings. The molecule has 0 amide bonds. The fourth-order valence-electron chi connectivity index (χ4n) is 2.82. The molecule has 21 heavy (non-hydrogen) atoms. The molecule has 0 bridgehead atoms. The zero-order valence-corrected chi connectivity index (χ0v) is 13.8. The van der Waals surface area contributed by atoms with Crippen LogP contribution in [0.2, 0.25) is 0 Å². The molecular formula is C15H30F3N3. The number of hydrogen-bond acceptors (Lipinski definition) is 3. The van der Waals surface area contributed by atoms with Crippen molar-refractivity contribution in [3.05, 3.63) is 0 Å². The van der Waals surface area contributed by atoms with Gasteiger partial charge in [0.15, 0.2) is 0 Å². The Morgan fingerprint density at radius 2 is 1.52 bits per heavy atom. The van der Waals surface area contributed by atoms with Crippen LogP contribution < -0.4 is 5.32 Å². The molecule has 3 nitrogen and oxygen atoms in total. The van der Waals surface area contributed by atoms with Crippen molar-refractivity contribution >= 4 is 0 Å². The van der Waals surface area contributed by atoms with Crippen molar-refractivity contribution in [2.45, 2.75) is 46.3 Å². The first-order valence-electron chi connectivity index (χ1n) is 7.86. The molecule has 1 heterocycles. The third-order valence-electron chi connectivity index (χ3n) is 4.10. The minimum Gasteiger partial charge on any atom is -0.314 e. The zero-order chi connectivity index (χ0) is 16.1. The van der Waals surface area contributed by atoms with Crippen LogP contribution in [0.3, 0.4) is 0 Å². The van der Waals surface area contributed by atoms with Crippen molar-refractivity contribution in [2.24, 2.45) is 5.41 Å². The topological polar surface area (TPSA) is 18.5 Å². The van der Waals surface area contributed by atoms with Crippen LogP contribution in [0.15, 0.2) is 0 Å². The average molecular weight is 309 g/mol. The first-order valence-corrected chi connectivity index (χ1v) is 7.86. The molecule has 1 unspecified atom stereocenters. The predicted octanol–water partition coefficient (Wildman–Crippen LogP) is 2.58. The highest BCUT2D eigenvalue weighted by Crippen LogP contribution is 2.22. The molecule has 0 radical (unpaired) electrons. The number of hydrogen-bond donors (Lipinski definition) is 1. The second-order valence-corrected chi connectivity index (χ2v) is 7.00.